The zero-order chi connectivity index (χ0) is 16.4. The SMILES string of the molecule is CCC1CCC2(CC1)OC(=O)C(N=Nc1n[nH]c(C)n1)=C([O-])O2. The van der Waals surface area contributed by atoms with Gasteiger partial charge in [-0.3, -0.25) is 5.10 Å². The number of azo groups is 1. The first-order valence-corrected chi connectivity index (χ1v) is 7.66. The summed E-state index contributed by atoms with van der Waals surface area (Å²) in [7, 11) is 0. The van der Waals surface area contributed by atoms with Gasteiger partial charge in [-0.1, -0.05) is 13.3 Å². The summed E-state index contributed by atoms with van der Waals surface area (Å²) in [4.78, 5) is 16.0. The smallest absolute Gasteiger partial charge is 0.362 e. The standard InChI is InChI=1S/C14H19N5O4/c1-3-9-4-6-14(7-5-9)22-11(20)10(12(21)23-14)17-19-13-15-8(2)16-18-13/h9,20H,3-7H2,1-2H3,(H,15,16,18)/p-1. The number of nitrogens with one attached hydrogen (secondary N) is 1. The highest BCUT2D eigenvalue weighted by atomic mass is 16.8. The Morgan fingerprint density at radius 2 is 2.09 bits per heavy atom. The molecule has 9 nitrogen and oxygen atoms in total. The van der Waals surface area contributed by atoms with E-state index in [0.717, 1.165) is 19.3 Å². The molecular weight excluding hydrogens is 302 g/mol. The Morgan fingerprint density at radius 3 is 2.65 bits per heavy atom. The molecule has 1 aliphatic heterocycles. The second-order valence-electron chi connectivity index (χ2n) is 5.81. The Bertz CT molecular complexity index is 658. The van der Waals surface area contributed by atoms with Gasteiger partial charge < -0.3 is 14.6 Å². The van der Waals surface area contributed by atoms with Crippen molar-refractivity contribution in [3.8, 4) is 0 Å². The lowest BCUT2D eigenvalue weighted by Gasteiger charge is -2.47. The summed E-state index contributed by atoms with van der Waals surface area (Å²) in [5, 5.41) is 25.6. The first-order chi connectivity index (χ1) is 11.0. The van der Waals surface area contributed by atoms with Crippen LogP contribution in [0.1, 0.15) is 44.9 Å². The Labute approximate surface area is 132 Å². The predicted octanol–water partition coefficient (Wildman–Crippen LogP) is 1.60. The molecule has 0 aromatic carbocycles. The van der Waals surface area contributed by atoms with Gasteiger partial charge in [0.25, 0.3) is 5.95 Å². The number of carbonyl (C=O) groups is 1. The lowest BCUT2D eigenvalue weighted by molar-refractivity contribution is -0.402. The van der Waals surface area contributed by atoms with Crippen LogP contribution in [0.15, 0.2) is 21.9 Å². The second-order valence-corrected chi connectivity index (χ2v) is 5.81. The highest BCUT2D eigenvalue weighted by Crippen LogP contribution is 2.40. The molecule has 2 aliphatic rings. The van der Waals surface area contributed by atoms with Crippen LogP contribution in [0.25, 0.3) is 0 Å². The van der Waals surface area contributed by atoms with Crippen molar-refractivity contribution in [3.63, 3.8) is 0 Å². The van der Waals surface area contributed by atoms with Gasteiger partial charge in [0, 0.05) is 0 Å². The van der Waals surface area contributed by atoms with Crippen molar-refractivity contribution in [2.75, 3.05) is 0 Å². The third-order valence-corrected chi connectivity index (χ3v) is 4.21. The molecule has 1 N–H and O–H groups in total. The largest absolute Gasteiger partial charge is 0.573 e. The van der Waals surface area contributed by atoms with E-state index in [9.17, 15) is 9.90 Å². The first kappa shape index (κ1) is 15.4. The van der Waals surface area contributed by atoms with Gasteiger partial charge in [-0.05, 0) is 38.5 Å². The van der Waals surface area contributed by atoms with Gasteiger partial charge in [0.15, 0.2) is 11.5 Å². The van der Waals surface area contributed by atoms with E-state index in [1.165, 1.54) is 0 Å². The maximum Gasteiger partial charge on any atom is 0.362 e. The maximum absolute atomic E-state index is 12.1. The predicted molar refractivity (Wildman–Crippen MR) is 74.8 cm³/mol. The lowest BCUT2D eigenvalue weighted by Crippen LogP contribution is -2.46. The number of nitrogens with zero attached hydrogens (tertiary/aromatic N) is 4. The molecule has 1 aromatic heterocycles. The number of rotatable bonds is 3. The van der Waals surface area contributed by atoms with Crippen molar-refractivity contribution < 1.29 is 19.4 Å². The molecule has 1 saturated carbocycles. The van der Waals surface area contributed by atoms with Crippen molar-refractivity contribution in [1.82, 2.24) is 15.2 Å². The summed E-state index contributed by atoms with van der Waals surface area (Å²) in [5.41, 5.74) is -0.490. The Morgan fingerprint density at radius 1 is 1.35 bits per heavy atom. The average Bonchev–Trinajstić information content (AvgIpc) is 2.93. The normalized spacial score (nSPS) is 28.3. The minimum Gasteiger partial charge on any atom is -0.573 e. The number of aromatic amines is 1. The topological polar surface area (TPSA) is 125 Å². The Balaban J connectivity index is 1.74. The third kappa shape index (κ3) is 3.17. The van der Waals surface area contributed by atoms with Crippen LogP contribution in [-0.4, -0.2) is 26.9 Å². The zero-order valence-corrected chi connectivity index (χ0v) is 13.0. The molecule has 23 heavy (non-hydrogen) atoms. The molecule has 0 amide bonds. The highest BCUT2D eigenvalue weighted by Gasteiger charge is 2.40. The quantitative estimate of drug-likeness (QED) is 0.666. The van der Waals surface area contributed by atoms with Crippen LogP contribution in [0, 0.1) is 12.8 Å². The molecule has 3 rings (SSSR count). The summed E-state index contributed by atoms with van der Waals surface area (Å²) in [5.74, 6) is -1.61. The summed E-state index contributed by atoms with van der Waals surface area (Å²) < 4.78 is 10.7. The highest BCUT2D eigenvalue weighted by molar-refractivity contribution is 5.88. The van der Waals surface area contributed by atoms with Crippen molar-refractivity contribution in [2.24, 2.45) is 16.1 Å². The first-order valence-electron chi connectivity index (χ1n) is 7.66. The summed E-state index contributed by atoms with van der Waals surface area (Å²) in [6.07, 6.45) is 3.84. The molecule has 0 radical (unpaired) electrons. The molecule has 0 unspecified atom stereocenters. The molecular formula is C14H18N5O4-. The van der Waals surface area contributed by atoms with Crippen LogP contribution in [0.2, 0.25) is 0 Å². The summed E-state index contributed by atoms with van der Waals surface area (Å²) >= 11 is 0. The number of hydrogen-bond acceptors (Lipinski definition) is 8. The van der Waals surface area contributed by atoms with Gasteiger partial charge >= 0.3 is 5.97 Å². The monoisotopic (exact) mass is 320 g/mol. The van der Waals surface area contributed by atoms with E-state index in [2.05, 4.69) is 32.3 Å². The fraction of sp³-hybridized carbons (Fsp3) is 0.643. The average molecular weight is 320 g/mol. The van der Waals surface area contributed by atoms with Gasteiger partial charge in [-0.15, -0.1) is 15.3 Å². The van der Waals surface area contributed by atoms with Crippen LogP contribution in [-0.2, 0) is 14.3 Å². The fourth-order valence-corrected chi connectivity index (χ4v) is 2.82. The minimum absolute atomic E-state index is 0.0272. The van der Waals surface area contributed by atoms with Crippen molar-refractivity contribution in [1.29, 1.82) is 0 Å². The van der Waals surface area contributed by atoms with E-state index in [1.54, 1.807) is 6.92 Å². The van der Waals surface area contributed by atoms with Crippen molar-refractivity contribution in [3.05, 3.63) is 17.5 Å². The van der Waals surface area contributed by atoms with Crippen LogP contribution in [0.4, 0.5) is 5.95 Å². The number of esters is 1. The number of aromatic nitrogens is 3. The third-order valence-electron chi connectivity index (χ3n) is 4.21. The zero-order valence-electron chi connectivity index (χ0n) is 13.0. The molecule has 1 fully saturated rings. The molecule has 1 aromatic rings. The molecule has 0 saturated heterocycles. The molecule has 0 atom stereocenters. The van der Waals surface area contributed by atoms with Crippen molar-refractivity contribution in [2.45, 2.75) is 51.7 Å². The van der Waals surface area contributed by atoms with E-state index in [-0.39, 0.29) is 5.95 Å². The van der Waals surface area contributed by atoms with E-state index in [1.807, 2.05) is 0 Å². The second kappa shape index (κ2) is 5.98. The molecule has 0 bridgehead atoms. The summed E-state index contributed by atoms with van der Waals surface area (Å²) in [6.45, 7) is 3.82. The fourth-order valence-electron chi connectivity index (χ4n) is 2.82. The Hall–Kier alpha value is -2.45. The van der Waals surface area contributed by atoms with Crippen LogP contribution < -0.4 is 5.11 Å². The number of H-pyrrole nitrogens is 1. The number of hydrogen-bond donors (Lipinski definition) is 1. The number of ether oxygens (including phenoxy) is 2. The van der Waals surface area contributed by atoms with E-state index in [4.69, 9.17) is 9.47 Å². The van der Waals surface area contributed by atoms with Gasteiger partial charge in [0.05, 0.1) is 5.95 Å². The molecule has 124 valence electrons. The maximum atomic E-state index is 12.1. The van der Waals surface area contributed by atoms with Gasteiger partial charge in [-0.2, -0.15) is 4.98 Å². The molecule has 2 heterocycles. The van der Waals surface area contributed by atoms with Gasteiger partial charge in [0.2, 0.25) is 0 Å². The van der Waals surface area contributed by atoms with Gasteiger partial charge in [-0.25, -0.2) is 4.79 Å². The van der Waals surface area contributed by atoms with Crippen LogP contribution in [0.3, 0.4) is 0 Å². The molecule has 9 heteroatoms. The summed E-state index contributed by atoms with van der Waals surface area (Å²) in [6, 6.07) is 0. The van der Waals surface area contributed by atoms with E-state index >= 15 is 0 Å². The number of aryl methyl sites for hydroxylation is 1. The van der Waals surface area contributed by atoms with Crippen LogP contribution >= 0.6 is 0 Å². The molecule has 1 spiro atoms. The van der Waals surface area contributed by atoms with Crippen molar-refractivity contribution >= 4 is 11.9 Å². The minimum atomic E-state index is -1.14. The van der Waals surface area contributed by atoms with Crippen LogP contribution in [0.5, 0.6) is 0 Å². The lowest BCUT2D eigenvalue weighted by atomic mass is 9.83. The number of carbonyl (C=O) groups excluding carboxylic acids is 1. The van der Waals surface area contributed by atoms with E-state index in [0.29, 0.717) is 24.6 Å². The Kier molecular flexibility index (Phi) is 4.01. The van der Waals surface area contributed by atoms with Gasteiger partial charge in [0.1, 0.15) is 5.82 Å². The molecule has 1 aliphatic carbocycles. The van der Waals surface area contributed by atoms with E-state index < -0.39 is 23.4 Å².